The number of ether oxygens (including phenoxy) is 2. The third-order valence-corrected chi connectivity index (χ3v) is 6.84. The van der Waals surface area contributed by atoms with Crippen molar-refractivity contribution < 1.29 is 14.3 Å². The predicted octanol–water partition coefficient (Wildman–Crippen LogP) is 5.98. The predicted molar refractivity (Wildman–Crippen MR) is 129 cm³/mol. The van der Waals surface area contributed by atoms with Crippen LogP contribution in [0.5, 0.6) is 11.5 Å². The molecule has 0 unspecified atom stereocenters. The Hall–Kier alpha value is -2.51. The van der Waals surface area contributed by atoms with Crippen molar-refractivity contribution in [3.05, 3.63) is 64.7 Å². The number of carbonyl (C=O) groups excluding carboxylic acids is 1. The van der Waals surface area contributed by atoms with Gasteiger partial charge in [-0.3, -0.25) is 4.79 Å². The summed E-state index contributed by atoms with van der Waals surface area (Å²) >= 11 is 3.19. The molecule has 0 aliphatic heterocycles. The lowest BCUT2D eigenvalue weighted by Crippen LogP contribution is -2.14. The van der Waals surface area contributed by atoms with Gasteiger partial charge in [-0.15, -0.1) is 11.3 Å². The number of aromatic nitrogens is 1. The summed E-state index contributed by atoms with van der Waals surface area (Å²) in [5, 5.41) is 4.90. The number of hydrogen-bond acceptors (Lipinski definition) is 6. The smallest absolute Gasteiger partial charge is 0.230 e. The highest BCUT2D eigenvalue weighted by atomic mass is 32.2. The minimum absolute atomic E-state index is 0.0549. The summed E-state index contributed by atoms with van der Waals surface area (Å²) in [4.78, 5) is 17.0. The lowest BCUT2D eigenvalue weighted by Gasteiger charge is -2.07. The highest BCUT2D eigenvalue weighted by molar-refractivity contribution is 8.00. The van der Waals surface area contributed by atoms with Crippen LogP contribution in [0.1, 0.15) is 36.6 Å². The molecule has 0 saturated heterocycles. The van der Waals surface area contributed by atoms with Gasteiger partial charge in [0.15, 0.2) is 0 Å². The summed E-state index contributed by atoms with van der Waals surface area (Å²) in [6.07, 6.45) is 3.70. The molecule has 1 amide bonds. The normalized spacial score (nSPS) is 10.7. The third-order valence-electron chi connectivity index (χ3n) is 4.70. The van der Waals surface area contributed by atoms with Crippen molar-refractivity contribution in [3.8, 4) is 11.5 Å². The first-order valence-electron chi connectivity index (χ1n) is 10.3. The van der Waals surface area contributed by atoms with Crippen LogP contribution in [0.3, 0.4) is 0 Å². The number of unbranched alkanes of at least 4 members (excludes halogenated alkanes) is 1. The largest absolute Gasteiger partial charge is 0.497 e. The first-order chi connectivity index (χ1) is 15.1. The molecule has 164 valence electrons. The Morgan fingerprint density at radius 1 is 1.06 bits per heavy atom. The highest BCUT2D eigenvalue weighted by Gasteiger charge is 2.10. The van der Waals surface area contributed by atoms with E-state index in [1.54, 1.807) is 37.3 Å². The first-order valence-corrected chi connectivity index (χ1v) is 12.1. The number of hydrogen-bond donors (Lipinski definition) is 1. The molecule has 0 fully saturated rings. The van der Waals surface area contributed by atoms with E-state index in [9.17, 15) is 4.79 Å². The lowest BCUT2D eigenvalue weighted by molar-refractivity contribution is -0.115. The van der Waals surface area contributed by atoms with Crippen LogP contribution in [0.2, 0.25) is 0 Å². The van der Waals surface area contributed by atoms with Gasteiger partial charge in [-0.1, -0.05) is 37.2 Å². The van der Waals surface area contributed by atoms with Crippen LogP contribution in [0.15, 0.2) is 52.2 Å². The molecule has 0 atom stereocenters. The number of carbonyl (C=O) groups is 1. The van der Waals surface area contributed by atoms with Crippen molar-refractivity contribution in [2.75, 3.05) is 19.5 Å². The van der Waals surface area contributed by atoms with Crippen molar-refractivity contribution in [2.45, 2.75) is 42.7 Å². The minimum Gasteiger partial charge on any atom is -0.497 e. The van der Waals surface area contributed by atoms with Gasteiger partial charge in [0.2, 0.25) is 5.91 Å². The number of aryl methyl sites for hydroxylation is 1. The van der Waals surface area contributed by atoms with Gasteiger partial charge in [0.05, 0.1) is 26.3 Å². The number of thiazole rings is 1. The van der Waals surface area contributed by atoms with Crippen LogP contribution in [0.25, 0.3) is 0 Å². The maximum absolute atomic E-state index is 12.4. The number of thioether (sulfide) groups is 1. The lowest BCUT2D eigenvalue weighted by atomic mass is 10.1. The number of nitrogens with one attached hydrogen (secondary N) is 1. The van der Waals surface area contributed by atoms with Crippen molar-refractivity contribution in [3.63, 3.8) is 0 Å². The van der Waals surface area contributed by atoms with Gasteiger partial charge in [0, 0.05) is 22.9 Å². The van der Waals surface area contributed by atoms with Crippen LogP contribution >= 0.6 is 23.1 Å². The summed E-state index contributed by atoms with van der Waals surface area (Å²) in [5.41, 5.74) is 4.00. The molecule has 0 bridgehead atoms. The maximum atomic E-state index is 12.4. The topological polar surface area (TPSA) is 60.5 Å². The molecule has 1 heterocycles. The van der Waals surface area contributed by atoms with Crippen molar-refractivity contribution in [1.82, 2.24) is 4.98 Å². The van der Waals surface area contributed by atoms with Gasteiger partial charge in [0.25, 0.3) is 0 Å². The second kappa shape index (κ2) is 11.8. The van der Waals surface area contributed by atoms with Gasteiger partial charge in [0.1, 0.15) is 15.8 Å². The molecule has 0 saturated carbocycles. The fourth-order valence-electron chi connectivity index (χ4n) is 3.04. The zero-order valence-electron chi connectivity index (χ0n) is 18.1. The fraction of sp³-hybridized carbons (Fsp3) is 0.333. The van der Waals surface area contributed by atoms with E-state index < -0.39 is 0 Å². The number of rotatable bonds is 11. The molecular weight excluding hydrogens is 428 g/mol. The van der Waals surface area contributed by atoms with E-state index in [2.05, 4.69) is 29.4 Å². The number of methoxy groups -OCH3 is 2. The molecule has 5 nitrogen and oxygen atoms in total. The van der Waals surface area contributed by atoms with Gasteiger partial charge in [-0.2, -0.15) is 0 Å². The van der Waals surface area contributed by atoms with E-state index >= 15 is 0 Å². The van der Waals surface area contributed by atoms with Crippen LogP contribution < -0.4 is 14.8 Å². The summed E-state index contributed by atoms with van der Waals surface area (Å²) in [5.74, 6) is 2.23. The van der Waals surface area contributed by atoms with E-state index in [4.69, 9.17) is 9.47 Å². The molecular formula is C24H28N2O3S2. The van der Waals surface area contributed by atoms with Gasteiger partial charge >= 0.3 is 0 Å². The molecule has 0 aliphatic rings. The number of nitrogens with zero attached hydrogens (tertiary/aromatic N) is 1. The Bertz CT molecular complexity index is 964. The Morgan fingerprint density at radius 2 is 1.77 bits per heavy atom. The number of amides is 1. The van der Waals surface area contributed by atoms with Crippen LogP contribution in [0, 0.1) is 0 Å². The summed E-state index contributed by atoms with van der Waals surface area (Å²) < 4.78 is 11.6. The summed E-state index contributed by atoms with van der Waals surface area (Å²) in [6.45, 7) is 2.19. The molecule has 0 radical (unpaired) electrons. The Kier molecular flexibility index (Phi) is 8.79. The standard InChI is InChI=1S/C24H28N2O3S2/c1-4-5-6-17-7-9-19(10-8-17)25-23(27)13-20-16-31-24(26-20)30-15-18-11-21(28-2)14-22(12-18)29-3/h7-12,14,16H,4-6,13,15H2,1-3H3,(H,25,27). The highest BCUT2D eigenvalue weighted by Crippen LogP contribution is 2.30. The molecule has 1 aromatic heterocycles. The van der Waals surface area contributed by atoms with E-state index in [1.165, 1.54) is 18.4 Å². The molecule has 31 heavy (non-hydrogen) atoms. The first kappa shape index (κ1) is 23.2. The fourth-order valence-corrected chi connectivity index (χ4v) is 4.81. The number of anilines is 1. The molecule has 7 heteroatoms. The molecule has 2 aromatic carbocycles. The Labute approximate surface area is 192 Å². The maximum Gasteiger partial charge on any atom is 0.230 e. The SMILES string of the molecule is CCCCc1ccc(NC(=O)Cc2csc(SCc3cc(OC)cc(OC)c3)n2)cc1. The minimum atomic E-state index is -0.0549. The monoisotopic (exact) mass is 456 g/mol. The molecule has 0 spiro atoms. The quantitative estimate of drug-likeness (QED) is 0.360. The van der Waals surface area contributed by atoms with Gasteiger partial charge in [-0.25, -0.2) is 4.98 Å². The van der Waals surface area contributed by atoms with Crippen LogP contribution in [0.4, 0.5) is 5.69 Å². The second-order valence-corrected chi connectivity index (χ2v) is 9.22. The molecule has 3 aromatic rings. The van der Waals surface area contributed by atoms with Crippen molar-refractivity contribution in [1.29, 1.82) is 0 Å². The second-order valence-electron chi connectivity index (χ2n) is 7.14. The van der Waals surface area contributed by atoms with E-state index in [0.717, 1.165) is 45.0 Å². The average Bonchev–Trinajstić information content (AvgIpc) is 3.24. The Balaban J connectivity index is 1.51. The van der Waals surface area contributed by atoms with E-state index in [-0.39, 0.29) is 12.3 Å². The van der Waals surface area contributed by atoms with Gasteiger partial charge in [-0.05, 0) is 48.2 Å². The van der Waals surface area contributed by atoms with Crippen molar-refractivity contribution in [2.24, 2.45) is 0 Å². The van der Waals surface area contributed by atoms with Gasteiger partial charge < -0.3 is 14.8 Å². The van der Waals surface area contributed by atoms with Crippen LogP contribution in [-0.4, -0.2) is 25.1 Å². The summed E-state index contributed by atoms with van der Waals surface area (Å²) in [7, 11) is 3.29. The van der Waals surface area contributed by atoms with E-state index in [0.29, 0.717) is 0 Å². The summed E-state index contributed by atoms with van der Waals surface area (Å²) in [6, 6.07) is 13.9. The van der Waals surface area contributed by atoms with Crippen LogP contribution in [-0.2, 0) is 23.4 Å². The molecule has 3 rings (SSSR count). The molecule has 0 aliphatic carbocycles. The van der Waals surface area contributed by atoms with Crippen molar-refractivity contribution >= 4 is 34.7 Å². The third kappa shape index (κ3) is 7.29. The molecule has 1 N–H and O–H groups in total. The Morgan fingerprint density at radius 3 is 2.42 bits per heavy atom. The van der Waals surface area contributed by atoms with E-state index in [1.807, 2.05) is 35.7 Å². The zero-order chi connectivity index (χ0) is 22.1. The number of benzene rings is 2. The average molecular weight is 457 g/mol. The zero-order valence-corrected chi connectivity index (χ0v) is 19.8.